The van der Waals surface area contributed by atoms with E-state index in [1.54, 1.807) is 0 Å². The highest BCUT2D eigenvalue weighted by Gasteiger charge is 2.36. The predicted octanol–water partition coefficient (Wildman–Crippen LogP) is 0.872. The first kappa shape index (κ1) is 13.7. The van der Waals surface area contributed by atoms with E-state index in [0.717, 1.165) is 32.2 Å². The Hall–Kier alpha value is -1.30. The zero-order valence-electron chi connectivity index (χ0n) is 11.8. The van der Waals surface area contributed by atoms with Gasteiger partial charge in [-0.2, -0.15) is 0 Å². The van der Waals surface area contributed by atoms with Crippen molar-refractivity contribution in [1.82, 2.24) is 15.1 Å². The maximum atomic E-state index is 12.3. The SMILES string of the molecule is O=C(O)CN(C(=O)NC1CCN2CCCC2C1)C1CC1. The highest BCUT2D eigenvalue weighted by Crippen LogP contribution is 2.29. The molecule has 0 radical (unpaired) electrons. The number of carboxylic acid groups (broad SMARTS) is 1. The van der Waals surface area contributed by atoms with Crippen LogP contribution in [0.1, 0.15) is 38.5 Å². The fourth-order valence-electron chi connectivity index (χ4n) is 3.51. The number of hydrogen-bond donors (Lipinski definition) is 2. The Labute approximate surface area is 119 Å². The molecule has 3 fully saturated rings. The van der Waals surface area contributed by atoms with Gasteiger partial charge in [0.1, 0.15) is 6.54 Å². The van der Waals surface area contributed by atoms with Gasteiger partial charge in [0.2, 0.25) is 0 Å². The molecular weight excluding hydrogens is 258 g/mol. The minimum Gasteiger partial charge on any atom is -0.480 e. The van der Waals surface area contributed by atoms with Crippen molar-refractivity contribution in [3.63, 3.8) is 0 Å². The Balaban J connectivity index is 1.53. The van der Waals surface area contributed by atoms with Crippen molar-refractivity contribution in [2.24, 2.45) is 0 Å². The molecular formula is C14H23N3O3. The molecule has 0 bridgehead atoms. The molecule has 3 rings (SSSR count). The van der Waals surface area contributed by atoms with Gasteiger partial charge in [-0.3, -0.25) is 4.79 Å². The molecule has 0 aromatic heterocycles. The Kier molecular flexibility index (Phi) is 3.83. The standard InChI is InChI=1S/C14H23N3O3/c18-13(19)9-17(11-3-4-11)14(20)15-10-5-7-16-6-1-2-12(16)8-10/h10-12H,1-9H2,(H,15,20)(H,18,19). The number of fused-ring (bicyclic) bond motifs is 1. The number of urea groups is 1. The second-order valence-electron chi connectivity index (χ2n) is 6.26. The van der Waals surface area contributed by atoms with Crippen LogP contribution in [0, 0.1) is 0 Å². The molecule has 0 spiro atoms. The molecule has 1 aliphatic carbocycles. The van der Waals surface area contributed by atoms with E-state index in [9.17, 15) is 9.59 Å². The molecule has 2 unspecified atom stereocenters. The zero-order valence-corrected chi connectivity index (χ0v) is 11.8. The van der Waals surface area contributed by atoms with E-state index in [2.05, 4.69) is 10.2 Å². The Morgan fingerprint density at radius 1 is 1.20 bits per heavy atom. The van der Waals surface area contributed by atoms with Crippen molar-refractivity contribution < 1.29 is 14.7 Å². The molecule has 1 saturated carbocycles. The molecule has 6 nitrogen and oxygen atoms in total. The van der Waals surface area contributed by atoms with Gasteiger partial charge in [-0.15, -0.1) is 0 Å². The van der Waals surface area contributed by atoms with E-state index in [-0.39, 0.29) is 24.7 Å². The quantitative estimate of drug-likeness (QED) is 0.802. The molecule has 2 aliphatic heterocycles. The molecule has 112 valence electrons. The van der Waals surface area contributed by atoms with Gasteiger partial charge in [0.15, 0.2) is 0 Å². The van der Waals surface area contributed by atoms with Crippen molar-refractivity contribution in [3.05, 3.63) is 0 Å². The van der Waals surface area contributed by atoms with Gasteiger partial charge in [-0.25, -0.2) is 4.79 Å². The van der Waals surface area contributed by atoms with E-state index >= 15 is 0 Å². The molecule has 2 heterocycles. The second kappa shape index (κ2) is 5.60. The van der Waals surface area contributed by atoms with Gasteiger partial charge in [-0.05, 0) is 45.1 Å². The molecule has 0 aromatic rings. The summed E-state index contributed by atoms with van der Waals surface area (Å²) in [5.74, 6) is -0.933. The third kappa shape index (κ3) is 3.06. The Morgan fingerprint density at radius 2 is 2.00 bits per heavy atom. The molecule has 0 aromatic carbocycles. The summed E-state index contributed by atoms with van der Waals surface area (Å²) in [6.45, 7) is 2.06. The van der Waals surface area contributed by atoms with Crippen LogP contribution in [-0.4, -0.2) is 64.7 Å². The van der Waals surface area contributed by atoms with Crippen LogP contribution in [0.2, 0.25) is 0 Å². The van der Waals surface area contributed by atoms with Crippen molar-refractivity contribution in [2.45, 2.75) is 56.7 Å². The number of rotatable bonds is 4. The average molecular weight is 281 g/mol. The summed E-state index contributed by atoms with van der Waals surface area (Å²) in [4.78, 5) is 27.1. The summed E-state index contributed by atoms with van der Waals surface area (Å²) < 4.78 is 0. The number of amides is 2. The number of nitrogens with one attached hydrogen (secondary N) is 1. The van der Waals surface area contributed by atoms with Crippen molar-refractivity contribution in [3.8, 4) is 0 Å². The Bertz CT molecular complexity index is 397. The van der Waals surface area contributed by atoms with Gasteiger partial charge in [0, 0.05) is 24.7 Å². The minimum absolute atomic E-state index is 0.137. The average Bonchev–Trinajstić information content (AvgIpc) is 3.13. The number of carboxylic acids is 1. The van der Waals surface area contributed by atoms with Crippen LogP contribution < -0.4 is 5.32 Å². The van der Waals surface area contributed by atoms with Gasteiger partial charge in [-0.1, -0.05) is 0 Å². The molecule has 2 atom stereocenters. The third-order valence-electron chi connectivity index (χ3n) is 4.70. The van der Waals surface area contributed by atoms with E-state index in [1.807, 2.05) is 0 Å². The Morgan fingerprint density at radius 3 is 2.70 bits per heavy atom. The summed E-state index contributed by atoms with van der Waals surface area (Å²) in [6, 6.07) is 0.767. The number of piperidine rings is 1. The summed E-state index contributed by atoms with van der Waals surface area (Å²) in [5, 5.41) is 12.0. The van der Waals surface area contributed by atoms with Crippen LogP contribution in [0.3, 0.4) is 0 Å². The maximum absolute atomic E-state index is 12.3. The van der Waals surface area contributed by atoms with Crippen LogP contribution in [0.4, 0.5) is 4.79 Å². The first-order valence-electron chi connectivity index (χ1n) is 7.66. The topological polar surface area (TPSA) is 72.9 Å². The number of carbonyl (C=O) groups excluding carboxylic acids is 1. The number of aliphatic carboxylic acids is 1. The maximum Gasteiger partial charge on any atom is 0.323 e. The minimum atomic E-state index is -0.933. The molecule has 3 aliphatic rings. The van der Waals surface area contributed by atoms with Gasteiger partial charge in [0.05, 0.1) is 0 Å². The highest BCUT2D eigenvalue weighted by atomic mass is 16.4. The first-order valence-corrected chi connectivity index (χ1v) is 7.66. The molecule has 20 heavy (non-hydrogen) atoms. The van der Waals surface area contributed by atoms with E-state index < -0.39 is 5.97 Å². The van der Waals surface area contributed by atoms with Crippen molar-refractivity contribution >= 4 is 12.0 Å². The zero-order chi connectivity index (χ0) is 14.1. The number of carbonyl (C=O) groups is 2. The third-order valence-corrected chi connectivity index (χ3v) is 4.70. The lowest BCUT2D eigenvalue weighted by Gasteiger charge is -2.36. The van der Waals surface area contributed by atoms with Crippen LogP contribution >= 0.6 is 0 Å². The normalized spacial score (nSPS) is 29.8. The summed E-state index contributed by atoms with van der Waals surface area (Å²) in [5.41, 5.74) is 0. The summed E-state index contributed by atoms with van der Waals surface area (Å²) >= 11 is 0. The molecule has 2 saturated heterocycles. The molecule has 2 N–H and O–H groups in total. The van der Waals surface area contributed by atoms with E-state index in [4.69, 9.17) is 5.11 Å². The lowest BCUT2D eigenvalue weighted by Crippen LogP contribution is -2.52. The fraction of sp³-hybridized carbons (Fsp3) is 0.857. The van der Waals surface area contributed by atoms with Crippen LogP contribution in [0.25, 0.3) is 0 Å². The van der Waals surface area contributed by atoms with Crippen molar-refractivity contribution in [2.75, 3.05) is 19.6 Å². The smallest absolute Gasteiger partial charge is 0.323 e. The van der Waals surface area contributed by atoms with Gasteiger partial charge >= 0.3 is 12.0 Å². The van der Waals surface area contributed by atoms with E-state index in [1.165, 1.54) is 24.3 Å². The largest absolute Gasteiger partial charge is 0.480 e. The first-order chi connectivity index (χ1) is 9.63. The summed E-state index contributed by atoms with van der Waals surface area (Å²) in [6.07, 6.45) is 6.35. The molecule has 6 heteroatoms. The van der Waals surface area contributed by atoms with Gasteiger partial charge < -0.3 is 20.2 Å². The number of hydrogen-bond acceptors (Lipinski definition) is 3. The van der Waals surface area contributed by atoms with Crippen LogP contribution in [-0.2, 0) is 4.79 Å². The molecule has 2 amide bonds. The number of nitrogens with zero attached hydrogens (tertiary/aromatic N) is 2. The summed E-state index contributed by atoms with van der Waals surface area (Å²) in [7, 11) is 0. The fourth-order valence-corrected chi connectivity index (χ4v) is 3.51. The second-order valence-corrected chi connectivity index (χ2v) is 6.26. The van der Waals surface area contributed by atoms with E-state index in [0.29, 0.717) is 6.04 Å². The van der Waals surface area contributed by atoms with Crippen molar-refractivity contribution in [1.29, 1.82) is 0 Å². The monoisotopic (exact) mass is 281 g/mol. The predicted molar refractivity (Wildman–Crippen MR) is 73.5 cm³/mol. The van der Waals surface area contributed by atoms with Crippen LogP contribution in [0.5, 0.6) is 0 Å². The highest BCUT2D eigenvalue weighted by molar-refractivity contribution is 5.80. The van der Waals surface area contributed by atoms with Crippen LogP contribution in [0.15, 0.2) is 0 Å². The lowest BCUT2D eigenvalue weighted by atomic mass is 9.98. The van der Waals surface area contributed by atoms with Gasteiger partial charge in [0.25, 0.3) is 0 Å². The lowest BCUT2D eigenvalue weighted by molar-refractivity contribution is -0.137.